The quantitative estimate of drug-likeness (QED) is 0.0477. The number of rotatable bonds is 13. The van der Waals surface area contributed by atoms with Gasteiger partial charge in [0.2, 0.25) is 23.3 Å². The van der Waals surface area contributed by atoms with E-state index in [1.165, 1.54) is 28.0 Å². The number of nitrogens with zero attached hydrogens (tertiary/aromatic N) is 5. The summed E-state index contributed by atoms with van der Waals surface area (Å²) in [5, 5.41) is 18.4. The van der Waals surface area contributed by atoms with Crippen molar-refractivity contribution in [3.8, 4) is 6.19 Å². The highest BCUT2D eigenvalue weighted by Gasteiger charge is 2.24. The molecule has 61 heavy (non-hydrogen) atoms. The molecule has 2 rings (SSSR count). The number of nitriles is 1. The Labute approximate surface area is 383 Å². The monoisotopic (exact) mass is 892 g/mol. The van der Waals surface area contributed by atoms with Gasteiger partial charge in [-0.1, -0.05) is 185 Å². The number of allylic oxidation sites excluding steroid dienone is 1. The van der Waals surface area contributed by atoms with E-state index in [1.54, 1.807) is 0 Å². The van der Waals surface area contributed by atoms with E-state index in [0.29, 0.717) is 35.4 Å². The third kappa shape index (κ3) is 29.6. The minimum atomic E-state index is -0.380. The van der Waals surface area contributed by atoms with E-state index >= 15 is 0 Å². The number of aromatic nitrogens is 2. The van der Waals surface area contributed by atoms with Crippen LogP contribution in [0.1, 0.15) is 213 Å². The van der Waals surface area contributed by atoms with Crippen molar-refractivity contribution in [1.29, 1.82) is 5.26 Å². The Morgan fingerprint density at radius 2 is 1.03 bits per heavy atom. The van der Waals surface area contributed by atoms with Crippen LogP contribution in [0.2, 0.25) is 0 Å². The summed E-state index contributed by atoms with van der Waals surface area (Å²) in [6.07, 6.45) is 3.94. The number of carbonyl (C=O) groups excluding carboxylic acids is 1. The molecule has 352 valence electrons. The molecule has 0 aliphatic carbocycles. The number of carbonyl (C=O) groups is 1. The van der Waals surface area contributed by atoms with Gasteiger partial charge >= 0.3 is 0 Å². The zero-order chi connectivity index (χ0) is 49.7. The lowest BCUT2D eigenvalue weighted by Crippen LogP contribution is -2.41. The molecule has 0 amide bonds. The summed E-state index contributed by atoms with van der Waals surface area (Å²) in [5.41, 5.74) is 5.18. The number of thiocarbonyl (C=S) groups is 1. The van der Waals surface area contributed by atoms with Gasteiger partial charge in [0.1, 0.15) is 5.78 Å². The molecular formula is C49H89N5O5S2. The minimum absolute atomic E-state index is 0.188. The second kappa shape index (κ2) is 36.2. The molecule has 0 radical (unpaired) electrons. The van der Waals surface area contributed by atoms with Gasteiger partial charge in [-0.3, -0.25) is 24.5 Å². The van der Waals surface area contributed by atoms with E-state index in [0.717, 1.165) is 35.0 Å². The first-order chi connectivity index (χ1) is 27.9. The molecule has 0 atom stereocenters. The molecule has 0 saturated carbocycles. The van der Waals surface area contributed by atoms with E-state index in [2.05, 4.69) is 89.9 Å². The van der Waals surface area contributed by atoms with Crippen LogP contribution < -0.4 is 10.9 Å². The number of nitro groups is 1. The normalized spacial score (nSPS) is 10.5. The smallest absolute Gasteiger partial charge is 0.234 e. The minimum Gasteiger partial charge on any atom is -0.299 e. The van der Waals surface area contributed by atoms with Crippen molar-refractivity contribution in [1.82, 2.24) is 8.75 Å². The Morgan fingerprint density at radius 3 is 1.16 bits per heavy atom. The van der Waals surface area contributed by atoms with E-state index in [4.69, 9.17) is 17.5 Å². The topological polar surface area (TPSA) is 156 Å². The molecule has 1 aromatic heterocycles. The van der Waals surface area contributed by atoms with Crippen molar-refractivity contribution in [2.45, 2.75) is 197 Å². The van der Waals surface area contributed by atoms with Crippen LogP contribution in [0.3, 0.4) is 0 Å². The maximum Gasteiger partial charge on any atom is 0.234 e. The highest BCUT2D eigenvalue weighted by Crippen LogP contribution is 2.21. The third-order valence-electron chi connectivity index (χ3n) is 8.83. The van der Waals surface area contributed by atoms with Crippen LogP contribution in [0, 0.1) is 68.9 Å². The van der Waals surface area contributed by atoms with E-state index in [-0.39, 0.29) is 51.3 Å². The van der Waals surface area contributed by atoms with Crippen LogP contribution >= 0.6 is 23.9 Å². The summed E-state index contributed by atoms with van der Waals surface area (Å²) in [6, 6.07) is 0. The van der Waals surface area contributed by atoms with Crippen molar-refractivity contribution in [3.05, 3.63) is 64.8 Å². The Kier molecular flexibility index (Phi) is 39.6. The number of aliphatic imine (C=N–C) groups is 1. The lowest BCUT2D eigenvalue weighted by atomic mass is 9.85. The predicted octanol–water partition coefficient (Wildman–Crippen LogP) is 14.0. The fourth-order valence-electron chi connectivity index (χ4n) is 5.87. The fraction of sp³-hybridized carbons (Fsp3) is 0.755. The average Bonchev–Trinajstić information content (AvgIpc) is 3.64. The molecule has 0 N–H and O–H groups in total. The zero-order valence-corrected chi connectivity index (χ0v) is 44.9. The maximum absolute atomic E-state index is 11.1. The van der Waals surface area contributed by atoms with Gasteiger partial charge in [0.25, 0.3) is 0 Å². The summed E-state index contributed by atoms with van der Waals surface area (Å²) in [4.78, 5) is 47.8. The number of aryl methyl sites for hydroxylation is 1. The first kappa shape index (κ1) is 66.8. The van der Waals surface area contributed by atoms with E-state index in [1.807, 2.05) is 103 Å². The van der Waals surface area contributed by atoms with Gasteiger partial charge in [-0.15, -0.1) is 0 Å². The number of hydrogen-bond donors (Lipinski definition) is 0. The standard InChI is InChI=1S/C10H14O2.C8H14N2.C8H15NO2.C7H12N2S.C7H14O.C7H14S.C2H6/c1-5(2)7-8(6(3)4)10(12)9(7)11;1-6(2)8(7(3)4)10-5-9;1-6(2)8(7(3)4)5-9(10)11;1-4-6-7(5(2)3)9-10-8-6;2*1-5(2)7(8)6(3)4;1-2/h5-6H,1-4H3;6-7H,1-4H3;5-7H,1-4H3;5H,4H2,1-3H3;2*5-6H,1-4H3;1-2H3. The van der Waals surface area contributed by atoms with Gasteiger partial charge in [-0.2, -0.15) is 19.0 Å². The molecular weight excluding hydrogens is 803 g/mol. The van der Waals surface area contributed by atoms with Crippen LogP contribution in [0.5, 0.6) is 0 Å². The summed E-state index contributed by atoms with van der Waals surface area (Å²) in [7, 11) is 0. The van der Waals surface area contributed by atoms with Gasteiger partial charge in [0, 0.05) is 34.2 Å². The molecule has 0 unspecified atom stereocenters. The van der Waals surface area contributed by atoms with Crippen LogP contribution in [0.4, 0.5) is 0 Å². The SMILES string of the molecule is CC.CC(C)C(=C[N+](=O)[O-])C(C)C.CC(C)C(=NC#N)C(C)C.CC(C)C(=O)C(C)C.CC(C)C(=S)C(C)C.CC(C)c1c(C(C)C)c(=O)c1=O.CCc1nsnc1C(C)C. The first-order valence-corrected chi connectivity index (χ1v) is 23.5. The van der Waals surface area contributed by atoms with E-state index < -0.39 is 0 Å². The molecule has 2 aromatic rings. The zero-order valence-electron chi connectivity index (χ0n) is 43.2. The molecule has 10 nitrogen and oxygen atoms in total. The number of Topliss-reactive ketones (excluding diaryl/α,β-unsaturated/α-hetero) is 1. The molecule has 1 aromatic carbocycles. The number of ketones is 1. The molecule has 1 heterocycles. The average molecular weight is 892 g/mol. The highest BCUT2D eigenvalue weighted by molar-refractivity contribution is 7.80. The second-order valence-electron chi connectivity index (χ2n) is 18.0. The molecule has 0 fully saturated rings. The second-order valence-corrected chi connectivity index (χ2v) is 19.0. The Bertz CT molecular complexity index is 1580. The summed E-state index contributed by atoms with van der Waals surface area (Å²) >= 11 is 6.42. The van der Waals surface area contributed by atoms with Gasteiger partial charge < -0.3 is 0 Å². The summed E-state index contributed by atoms with van der Waals surface area (Å²) in [5.74, 6) is 4.11. The van der Waals surface area contributed by atoms with Crippen molar-refractivity contribution in [2.24, 2.45) is 52.3 Å². The van der Waals surface area contributed by atoms with Crippen LogP contribution in [-0.2, 0) is 11.2 Å². The molecule has 12 heteroatoms. The summed E-state index contributed by atoms with van der Waals surface area (Å²) in [6.45, 7) is 50.6. The highest BCUT2D eigenvalue weighted by atomic mass is 32.1. The lowest BCUT2D eigenvalue weighted by molar-refractivity contribution is -0.404. The lowest BCUT2D eigenvalue weighted by Gasteiger charge is -2.16. The largest absolute Gasteiger partial charge is 0.299 e. The van der Waals surface area contributed by atoms with Crippen molar-refractivity contribution in [2.75, 3.05) is 0 Å². The number of hydrogen-bond acceptors (Lipinski definition) is 11. The molecule has 0 aliphatic heterocycles. The van der Waals surface area contributed by atoms with Gasteiger partial charge in [-0.25, -0.2) is 0 Å². The van der Waals surface area contributed by atoms with Crippen LogP contribution in [0.15, 0.2) is 26.4 Å². The van der Waals surface area contributed by atoms with Gasteiger partial charge in [-0.05, 0) is 64.5 Å². The fourth-order valence-corrected chi connectivity index (χ4v) is 6.64. The van der Waals surface area contributed by atoms with Crippen LogP contribution in [-0.4, -0.2) is 30.0 Å². The maximum atomic E-state index is 11.1. The Balaban J connectivity index is -0.000000205. The van der Waals surface area contributed by atoms with Gasteiger partial charge in [0.15, 0.2) is 0 Å². The predicted molar refractivity (Wildman–Crippen MR) is 269 cm³/mol. The first-order valence-electron chi connectivity index (χ1n) is 22.4. The summed E-state index contributed by atoms with van der Waals surface area (Å²) < 4.78 is 8.40. The van der Waals surface area contributed by atoms with Crippen LogP contribution in [0.25, 0.3) is 0 Å². The van der Waals surface area contributed by atoms with E-state index in [9.17, 15) is 24.5 Å². The molecule has 0 bridgehead atoms. The molecule has 0 saturated heterocycles. The van der Waals surface area contributed by atoms with Gasteiger partial charge in [0.05, 0.1) is 28.0 Å². The molecule has 0 aliphatic rings. The van der Waals surface area contributed by atoms with Crippen molar-refractivity contribution in [3.63, 3.8) is 0 Å². The van der Waals surface area contributed by atoms with Crippen molar-refractivity contribution >= 4 is 40.3 Å². The van der Waals surface area contributed by atoms with Crippen molar-refractivity contribution < 1.29 is 9.72 Å². The molecule has 0 spiro atoms. The Morgan fingerprint density at radius 1 is 0.672 bits per heavy atom. The Hall–Kier alpha value is -3.30. The third-order valence-corrected chi connectivity index (χ3v) is 10.4.